The summed E-state index contributed by atoms with van der Waals surface area (Å²) in [5.74, 6) is -0.0731. The van der Waals surface area contributed by atoms with Crippen LogP contribution in [0.3, 0.4) is 0 Å². The zero-order valence-corrected chi connectivity index (χ0v) is 14.8. The van der Waals surface area contributed by atoms with Gasteiger partial charge >= 0.3 is 0 Å². The van der Waals surface area contributed by atoms with Gasteiger partial charge in [0.15, 0.2) is 0 Å². The lowest BCUT2D eigenvalue weighted by atomic mass is 10.2. The first kappa shape index (κ1) is 17.4. The molecule has 6 heteroatoms. The van der Waals surface area contributed by atoms with Crippen molar-refractivity contribution in [3.8, 4) is 0 Å². The molecule has 3 rings (SSSR count). The quantitative estimate of drug-likeness (QED) is 0.808. The molecule has 25 heavy (non-hydrogen) atoms. The highest BCUT2D eigenvalue weighted by molar-refractivity contribution is 5.93. The van der Waals surface area contributed by atoms with Crippen LogP contribution in [0.4, 0.5) is 5.69 Å². The average molecular weight is 340 g/mol. The number of carbonyl (C=O) groups is 1. The van der Waals surface area contributed by atoms with Crippen LogP contribution in [0.5, 0.6) is 0 Å². The Balaban J connectivity index is 1.81. The Morgan fingerprint density at radius 3 is 2.72 bits per heavy atom. The van der Waals surface area contributed by atoms with Gasteiger partial charge < -0.3 is 14.5 Å². The summed E-state index contributed by atoms with van der Waals surface area (Å²) in [6, 6.07) is 7.58. The molecule has 0 N–H and O–H groups in total. The van der Waals surface area contributed by atoms with Gasteiger partial charge in [0.2, 0.25) is 0 Å². The molecule has 0 aromatic carbocycles. The van der Waals surface area contributed by atoms with Gasteiger partial charge in [-0.3, -0.25) is 14.8 Å². The predicted molar refractivity (Wildman–Crippen MR) is 96.5 cm³/mol. The van der Waals surface area contributed by atoms with Gasteiger partial charge in [-0.15, -0.1) is 0 Å². The molecule has 0 bridgehead atoms. The fraction of sp³-hybridized carbons (Fsp3) is 0.421. The lowest BCUT2D eigenvalue weighted by molar-refractivity contribution is 0.0503. The molecule has 1 fully saturated rings. The number of hydrogen-bond acceptors (Lipinski definition) is 5. The van der Waals surface area contributed by atoms with Crippen molar-refractivity contribution in [2.75, 3.05) is 32.1 Å². The van der Waals surface area contributed by atoms with Crippen molar-refractivity contribution in [1.82, 2.24) is 14.9 Å². The van der Waals surface area contributed by atoms with Crippen molar-refractivity contribution >= 4 is 11.6 Å². The van der Waals surface area contributed by atoms with E-state index >= 15 is 0 Å². The van der Waals surface area contributed by atoms with Crippen LogP contribution in [0, 0.1) is 0 Å². The summed E-state index contributed by atoms with van der Waals surface area (Å²) < 4.78 is 5.73. The predicted octanol–water partition coefficient (Wildman–Crippen LogP) is 2.36. The Bertz CT molecular complexity index is 700. The first-order valence-electron chi connectivity index (χ1n) is 8.56. The third-order valence-corrected chi connectivity index (χ3v) is 4.34. The van der Waals surface area contributed by atoms with E-state index < -0.39 is 0 Å². The second-order valence-corrected chi connectivity index (χ2v) is 6.47. The van der Waals surface area contributed by atoms with Gasteiger partial charge in [0.05, 0.1) is 6.10 Å². The van der Waals surface area contributed by atoms with Gasteiger partial charge in [-0.2, -0.15) is 0 Å². The molecule has 1 saturated heterocycles. The van der Waals surface area contributed by atoms with Crippen LogP contribution in [0.25, 0.3) is 0 Å². The van der Waals surface area contributed by atoms with E-state index in [9.17, 15) is 4.79 Å². The number of pyridine rings is 2. The highest BCUT2D eigenvalue weighted by Crippen LogP contribution is 2.18. The molecule has 0 saturated carbocycles. The molecular weight excluding hydrogens is 316 g/mol. The number of nitrogens with zero attached hydrogens (tertiary/aromatic N) is 4. The van der Waals surface area contributed by atoms with Crippen molar-refractivity contribution in [3.63, 3.8) is 0 Å². The Kier molecular flexibility index (Phi) is 5.60. The van der Waals surface area contributed by atoms with Crippen LogP contribution in [0.15, 0.2) is 42.9 Å². The maximum absolute atomic E-state index is 13.1. The van der Waals surface area contributed by atoms with Crippen molar-refractivity contribution in [2.24, 2.45) is 0 Å². The van der Waals surface area contributed by atoms with E-state index in [0.717, 1.165) is 30.7 Å². The number of rotatable bonds is 6. The van der Waals surface area contributed by atoms with Crippen LogP contribution < -0.4 is 4.90 Å². The van der Waals surface area contributed by atoms with Gasteiger partial charge in [0.25, 0.3) is 5.91 Å². The molecule has 132 valence electrons. The van der Waals surface area contributed by atoms with E-state index in [-0.39, 0.29) is 12.0 Å². The van der Waals surface area contributed by atoms with E-state index in [2.05, 4.69) is 9.97 Å². The standard InChI is InChI=1S/C19H24N4O2/c1-22(2)16-7-10-21-18(12-16)19(24)23(14-17-4-3-11-25-17)13-15-5-8-20-9-6-15/h5-10,12,17H,3-4,11,13-14H2,1-2H3/t17-/m1/s1. The number of anilines is 1. The van der Waals surface area contributed by atoms with Crippen LogP contribution >= 0.6 is 0 Å². The van der Waals surface area contributed by atoms with E-state index in [1.807, 2.05) is 48.2 Å². The summed E-state index contributed by atoms with van der Waals surface area (Å²) in [6.45, 7) is 1.88. The smallest absolute Gasteiger partial charge is 0.272 e. The SMILES string of the molecule is CN(C)c1ccnc(C(=O)N(Cc2ccncc2)C[C@H]2CCCO2)c1. The topological polar surface area (TPSA) is 58.6 Å². The summed E-state index contributed by atoms with van der Waals surface area (Å²) in [4.78, 5) is 25.2. The normalized spacial score (nSPS) is 16.6. The molecule has 0 spiro atoms. The minimum absolute atomic E-state index is 0.0731. The van der Waals surface area contributed by atoms with E-state index in [1.54, 1.807) is 18.6 Å². The summed E-state index contributed by atoms with van der Waals surface area (Å²) in [5.41, 5.74) is 2.46. The van der Waals surface area contributed by atoms with Crippen LogP contribution in [0.1, 0.15) is 28.9 Å². The lowest BCUT2D eigenvalue weighted by Gasteiger charge is -2.25. The van der Waals surface area contributed by atoms with Crippen molar-refractivity contribution < 1.29 is 9.53 Å². The first-order valence-corrected chi connectivity index (χ1v) is 8.56. The molecule has 6 nitrogen and oxygen atoms in total. The summed E-state index contributed by atoms with van der Waals surface area (Å²) in [5, 5.41) is 0. The molecule has 0 unspecified atom stereocenters. The molecule has 3 heterocycles. The minimum atomic E-state index is -0.0731. The molecule has 1 amide bonds. The third-order valence-electron chi connectivity index (χ3n) is 4.34. The number of hydrogen-bond donors (Lipinski definition) is 0. The minimum Gasteiger partial charge on any atom is -0.378 e. The van der Waals surface area contributed by atoms with E-state index in [1.165, 1.54) is 0 Å². The number of ether oxygens (including phenoxy) is 1. The van der Waals surface area contributed by atoms with Crippen molar-refractivity contribution in [3.05, 3.63) is 54.1 Å². The molecule has 0 aliphatic carbocycles. The van der Waals surface area contributed by atoms with Gasteiger partial charge in [0, 0.05) is 58.1 Å². The maximum Gasteiger partial charge on any atom is 0.272 e. The Labute approximate surface area is 148 Å². The fourth-order valence-corrected chi connectivity index (χ4v) is 2.94. The summed E-state index contributed by atoms with van der Waals surface area (Å²) >= 11 is 0. The first-order chi connectivity index (χ1) is 12.1. The zero-order valence-electron chi connectivity index (χ0n) is 14.8. The Morgan fingerprint density at radius 2 is 2.04 bits per heavy atom. The van der Waals surface area contributed by atoms with Crippen LogP contribution in [0.2, 0.25) is 0 Å². The number of carbonyl (C=O) groups excluding carboxylic acids is 1. The fourth-order valence-electron chi connectivity index (χ4n) is 2.94. The van der Waals surface area contributed by atoms with Crippen LogP contribution in [-0.4, -0.2) is 54.1 Å². The summed E-state index contributed by atoms with van der Waals surface area (Å²) in [6.07, 6.45) is 7.31. The molecule has 1 atom stereocenters. The molecule has 2 aromatic rings. The lowest BCUT2D eigenvalue weighted by Crippen LogP contribution is -2.37. The van der Waals surface area contributed by atoms with E-state index in [0.29, 0.717) is 18.8 Å². The molecule has 2 aromatic heterocycles. The van der Waals surface area contributed by atoms with Gasteiger partial charge in [-0.05, 0) is 42.7 Å². The average Bonchev–Trinajstić information content (AvgIpc) is 3.14. The van der Waals surface area contributed by atoms with Gasteiger partial charge in [-0.1, -0.05) is 0 Å². The molecule has 0 radical (unpaired) electrons. The monoisotopic (exact) mass is 340 g/mol. The van der Waals surface area contributed by atoms with Crippen molar-refractivity contribution in [2.45, 2.75) is 25.5 Å². The highest BCUT2D eigenvalue weighted by Gasteiger charge is 2.24. The van der Waals surface area contributed by atoms with Gasteiger partial charge in [-0.25, -0.2) is 0 Å². The highest BCUT2D eigenvalue weighted by atomic mass is 16.5. The maximum atomic E-state index is 13.1. The van der Waals surface area contributed by atoms with Gasteiger partial charge in [0.1, 0.15) is 5.69 Å². The third kappa shape index (κ3) is 4.54. The van der Waals surface area contributed by atoms with Crippen molar-refractivity contribution in [1.29, 1.82) is 0 Å². The summed E-state index contributed by atoms with van der Waals surface area (Å²) in [7, 11) is 3.90. The Hall–Kier alpha value is -2.47. The second kappa shape index (κ2) is 8.07. The second-order valence-electron chi connectivity index (χ2n) is 6.47. The van der Waals surface area contributed by atoms with E-state index in [4.69, 9.17) is 4.74 Å². The zero-order chi connectivity index (χ0) is 17.6. The number of amides is 1. The largest absolute Gasteiger partial charge is 0.378 e. The van der Waals surface area contributed by atoms with Crippen LogP contribution in [-0.2, 0) is 11.3 Å². The molecule has 1 aliphatic heterocycles. The number of aromatic nitrogens is 2. The molecular formula is C19H24N4O2. The Morgan fingerprint density at radius 1 is 1.24 bits per heavy atom. The molecule has 1 aliphatic rings.